The van der Waals surface area contributed by atoms with Crippen LogP contribution in [0.5, 0.6) is 0 Å². The van der Waals surface area contributed by atoms with Gasteiger partial charge in [0, 0.05) is 13.1 Å². The number of benzene rings is 1. The molecule has 0 fully saturated rings. The first-order chi connectivity index (χ1) is 28.2. The Balaban J connectivity index is 2.20. The number of aryl methyl sites for hydroxylation is 1. The van der Waals surface area contributed by atoms with Crippen molar-refractivity contribution in [2.75, 3.05) is 6.54 Å². The monoisotopic (exact) mass is 802 g/mol. The molecule has 1 N–H and O–H groups in total. The van der Waals surface area contributed by atoms with Crippen molar-refractivity contribution in [3.8, 4) is 0 Å². The number of hydrogen-bond acceptors (Lipinski definition) is 1. The molecule has 1 heteroatoms. The van der Waals surface area contributed by atoms with Crippen LogP contribution in [-0.4, -0.2) is 6.54 Å². The quantitative estimate of drug-likeness (QED) is 0.0582. The van der Waals surface area contributed by atoms with E-state index in [0.29, 0.717) is 0 Å². The lowest BCUT2D eigenvalue weighted by Gasteiger charge is -2.05. The maximum atomic E-state index is 3.54. The Kier molecular flexibility index (Phi) is 31.2. The minimum absolute atomic E-state index is 0.928. The lowest BCUT2D eigenvalue weighted by atomic mass is 10.0. The average Bonchev–Trinajstić information content (AvgIpc) is 3.17. The molecule has 0 aliphatic heterocycles. The fourth-order valence-corrected chi connectivity index (χ4v) is 7.05. The first kappa shape index (κ1) is 53.6. The van der Waals surface area contributed by atoms with Crippen LogP contribution in [-0.2, 0) is 6.54 Å². The fraction of sp³-hybridized carbons (Fsp3) is 0.552. The minimum atomic E-state index is 0.928. The van der Waals surface area contributed by atoms with Crippen molar-refractivity contribution in [1.29, 1.82) is 0 Å². The van der Waals surface area contributed by atoms with E-state index in [9.17, 15) is 0 Å². The van der Waals surface area contributed by atoms with Crippen LogP contribution in [0.1, 0.15) is 203 Å². The average molecular weight is 802 g/mol. The topological polar surface area (TPSA) is 12.0 Å². The standard InChI is InChI=1S/C58H91N/c1-47(2)22-13-23-48(3)24-14-25-49(4)26-15-27-50(5)28-16-29-51(6)30-17-31-52(7)32-18-33-53(8)34-19-35-54(9)36-20-37-55(10)38-21-39-56(11)44-45-59-46-58-42-40-57(12)41-43-58/h22,24,26,28,30,32,34,36,38,40-44,59H,13-21,23,25,27,29,31,33,35,37,39,45-46H2,1-12H3/b48-24+,49-26+,50-28+,51-30+,52-32+,53-34+,54-36+,55-38+,56-44+. The van der Waals surface area contributed by atoms with E-state index in [2.05, 4.69) is 173 Å². The summed E-state index contributed by atoms with van der Waals surface area (Å²) in [5.41, 5.74) is 17.8. The molecule has 0 atom stereocenters. The van der Waals surface area contributed by atoms with Crippen molar-refractivity contribution in [2.24, 2.45) is 0 Å². The number of allylic oxidation sites excluding steroid dienone is 19. The van der Waals surface area contributed by atoms with Gasteiger partial charge in [0.05, 0.1) is 0 Å². The highest BCUT2D eigenvalue weighted by Gasteiger charge is 1.98. The molecular formula is C58H91N. The van der Waals surface area contributed by atoms with Crippen molar-refractivity contribution in [1.82, 2.24) is 5.32 Å². The van der Waals surface area contributed by atoms with Crippen LogP contribution >= 0.6 is 0 Å². The molecule has 0 aromatic heterocycles. The molecule has 0 heterocycles. The van der Waals surface area contributed by atoms with E-state index in [1.54, 1.807) is 0 Å². The normalized spacial score (nSPS) is 14.4. The molecule has 1 aromatic carbocycles. The molecule has 0 radical (unpaired) electrons. The highest BCUT2D eigenvalue weighted by Crippen LogP contribution is 2.18. The lowest BCUT2D eigenvalue weighted by Crippen LogP contribution is -2.13. The van der Waals surface area contributed by atoms with Crippen LogP contribution in [0.15, 0.2) is 141 Å². The van der Waals surface area contributed by atoms with E-state index in [1.807, 2.05) is 0 Å². The zero-order valence-corrected chi connectivity index (χ0v) is 40.7. The van der Waals surface area contributed by atoms with E-state index in [4.69, 9.17) is 0 Å². The van der Waals surface area contributed by atoms with E-state index in [1.165, 1.54) is 131 Å². The van der Waals surface area contributed by atoms with Gasteiger partial charge in [-0.05, 0) is 204 Å². The van der Waals surface area contributed by atoms with Crippen LogP contribution in [0.2, 0.25) is 0 Å². The number of hydrogen-bond donors (Lipinski definition) is 1. The summed E-state index contributed by atoms with van der Waals surface area (Å²) in [5, 5.41) is 3.54. The molecule has 0 unspecified atom stereocenters. The molecular weight excluding hydrogens is 711 g/mol. The summed E-state index contributed by atoms with van der Waals surface area (Å²) in [6.07, 6.45) is 45.3. The summed E-state index contributed by atoms with van der Waals surface area (Å²) in [6, 6.07) is 8.79. The Morgan fingerprint density at radius 1 is 0.339 bits per heavy atom. The van der Waals surface area contributed by atoms with Gasteiger partial charge in [-0.3, -0.25) is 0 Å². The maximum Gasteiger partial charge on any atom is 0.0208 e. The van der Waals surface area contributed by atoms with Gasteiger partial charge in [0.15, 0.2) is 0 Å². The molecule has 0 spiro atoms. The zero-order chi connectivity index (χ0) is 43.7. The predicted octanol–water partition coefficient (Wildman–Crippen LogP) is 18.6. The summed E-state index contributed by atoms with van der Waals surface area (Å²) in [7, 11) is 0. The third-order valence-electron chi connectivity index (χ3n) is 11.4. The largest absolute Gasteiger partial charge is 0.309 e. The third kappa shape index (κ3) is 33.0. The SMILES string of the molecule is CC(C)=CCC/C(C)=C/CC/C(C)=C/CC/C(C)=C/CC/C(C)=C/CC/C(C)=C/CC/C(C)=C/CC/C(C)=C/CC/C(C)=C/CC/C(C)=C/CNCc1ccc(C)cc1. The summed E-state index contributed by atoms with van der Waals surface area (Å²) < 4.78 is 0. The van der Waals surface area contributed by atoms with Crippen LogP contribution in [0.4, 0.5) is 0 Å². The van der Waals surface area contributed by atoms with Crippen molar-refractivity contribution in [3.63, 3.8) is 0 Å². The van der Waals surface area contributed by atoms with Gasteiger partial charge in [-0.2, -0.15) is 0 Å². The first-order valence-electron chi connectivity index (χ1n) is 23.5. The van der Waals surface area contributed by atoms with Gasteiger partial charge in [-0.1, -0.05) is 146 Å². The lowest BCUT2D eigenvalue weighted by molar-refractivity contribution is 0.753. The Morgan fingerprint density at radius 3 is 0.831 bits per heavy atom. The Hall–Kier alpha value is -3.42. The van der Waals surface area contributed by atoms with Crippen molar-refractivity contribution < 1.29 is 0 Å². The van der Waals surface area contributed by atoms with Crippen LogP contribution in [0.25, 0.3) is 0 Å². The minimum Gasteiger partial charge on any atom is -0.309 e. The fourth-order valence-electron chi connectivity index (χ4n) is 7.05. The van der Waals surface area contributed by atoms with E-state index < -0.39 is 0 Å². The summed E-state index contributed by atoms with van der Waals surface area (Å²) >= 11 is 0. The smallest absolute Gasteiger partial charge is 0.0208 e. The molecule has 0 saturated heterocycles. The zero-order valence-electron chi connectivity index (χ0n) is 40.7. The molecule has 0 saturated carbocycles. The van der Waals surface area contributed by atoms with Gasteiger partial charge in [0.25, 0.3) is 0 Å². The highest BCUT2D eigenvalue weighted by atomic mass is 14.8. The van der Waals surface area contributed by atoms with E-state index >= 15 is 0 Å². The second kappa shape index (κ2) is 34.3. The second-order valence-electron chi connectivity index (χ2n) is 18.2. The predicted molar refractivity (Wildman–Crippen MR) is 269 cm³/mol. The molecule has 0 amide bonds. The van der Waals surface area contributed by atoms with Crippen molar-refractivity contribution >= 4 is 0 Å². The van der Waals surface area contributed by atoms with Crippen molar-refractivity contribution in [3.05, 3.63) is 152 Å². The Morgan fingerprint density at radius 2 is 0.576 bits per heavy atom. The van der Waals surface area contributed by atoms with E-state index in [-0.39, 0.29) is 0 Å². The number of nitrogens with one attached hydrogen (secondary N) is 1. The van der Waals surface area contributed by atoms with Crippen LogP contribution in [0, 0.1) is 6.92 Å². The number of rotatable bonds is 31. The van der Waals surface area contributed by atoms with Gasteiger partial charge >= 0.3 is 0 Å². The molecule has 0 bridgehead atoms. The maximum absolute atomic E-state index is 3.54. The molecule has 328 valence electrons. The van der Waals surface area contributed by atoms with Gasteiger partial charge in [0.1, 0.15) is 0 Å². The highest BCUT2D eigenvalue weighted by molar-refractivity contribution is 5.21. The van der Waals surface area contributed by atoms with Crippen LogP contribution in [0.3, 0.4) is 0 Å². The summed E-state index contributed by atoms with van der Waals surface area (Å²) in [6.45, 7) is 29.0. The third-order valence-corrected chi connectivity index (χ3v) is 11.4. The molecule has 0 aliphatic rings. The van der Waals surface area contributed by atoms with Gasteiger partial charge in [-0.15, -0.1) is 0 Å². The van der Waals surface area contributed by atoms with Gasteiger partial charge < -0.3 is 5.32 Å². The molecule has 1 aromatic rings. The molecule has 59 heavy (non-hydrogen) atoms. The first-order valence-corrected chi connectivity index (χ1v) is 23.5. The van der Waals surface area contributed by atoms with Crippen molar-refractivity contribution in [2.45, 2.75) is 205 Å². The van der Waals surface area contributed by atoms with Crippen LogP contribution < -0.4 is 5.32 Å². The van der Waals surface area contributed by atoms with Gasteiger partial charge in [-0.25, -0.2) is 0 Å². The summed E-state index contributed by atoms with van der Waals surface area (Å²) in [5.74, 6) is 0. The van der Waals surface area contributed by atoms with E-state index in [0.717, 1.165) is 64.5 Å². The summed E-state index contributed by atoms with van der Waals surface area (Å²) in [4.78, 5) is 0. The Bertz CT molecular complexity index is 1610. The molecule has 0 aliphatic carbocycles. The Labute approximate surface area is 367 Å². The molecule has 1 nitrogen and oxygen atoms in total. The van der Waals surface area contributed by atoms with Gasteiger partial charge in [0.2, 0.25) is 0 Å². The molecule has 1 rings (SSSR count). The second-order valence-corrected chi connectivity index (χ2v) is 18.2.